The third-order valence-electron chi connectivity index (χ3n) is 6.68. The van der Waals surface area contributed by atoms with Crippen LogP contribution >= 0.6 is 0 Å². The lowest BCUT2D eigenvalue weighted by atomic mass is 9.85. The minimum Gasteiger partial charge on any atom is -0.350 e. The monoisotopic (exact) mass is 414 g/mol. The van der Waals surface area contributed by atoms with Gasteiger partial charge < -0.3 is 10.2 Å². The van der Waals surface area contributed by atoms with Crippen molar-refractivity contribution in [3.05, 3.63) is 49.1 Å². The number of piperazine rings is 1. The van der Waals surface area contributed by atoms with Crippen LogP contribution in [-0.4, -0.2) is 79.7 Å². The summed E-state index contributed by atoms with van der Waals surface area (Å²) in [6, 6.07) is 9.30. The predicted molar refractivity (Wildman–Crippen MR) is 121 cm³/mol. The molecule has 2 aliphatic rings. The number of likely N-dealkylation sites (N-methyl/N-ethyl adjacent to an activating group) is 1. The van der Waals surface area contributed by atoms with Crippen LogP contribution in [0.5, 0.6) is 0 Å². The van der Waals surface area contributed by atoms with E-state index in [-0.39, 0.29) is 0 Å². The van der Waals surface area contributed by atoms with Crippen LogP contribution in [0.4, 0.5) is 5.95 Å². The molecule has 1 aliphatic heterocycles. The molecule has 31 heavy (non-hydrogen) atoms. The first-order valence-electron chi connectivity index (χ1n) is 11.0. The van der Waals surface area contributed by atoms with Gasteiger partial charge in [0.15, 0.2) is 5.65 Å². The lowest BCUT2D eigenvalue weighted by molar-refractivity contribution is 0.0656. The van der Waals surface area contributed by atoms with Crippen molar-refractivity contribution in [2.24, 2.45) is 0 Å². The molecular formula is C23H26N8. The summed E-state index contributed by atoms with van der Waals surface area (Å²) in [7, 11) is 2.20. The Labute approximate surface area is 180 Å². The van der Waals surface area contributed by atoms with E-state index in [1.807, 2.05) is 35.2 Å². The molecule has 0 unspecified atom stereocenters. The zero-order chi connectivity index (χ0) is 20.8. The summed E-state index contributed by atoms with van der Waals surface area (Å²) >= 11 is 0. The molecule has 0 amide bonds. The molecule has 0 radical (unpaired) electrons. The van der Waals surface area contributed by atoms with Crippen LogP contribution in [-0.2, 0) is 0 Å². The van der Waals surface area contributed by atoms with E-state index >= 15 is 0 Å². The Morgan fingerprint density at radius 2 is 1.87 bits per heavy atom. The van der Waals surface area contributed by atoms with E-state index in [4.69, 9.17) is 5.10 Å². The first kappa shape index (κ1) is 18.7. The molecule has 5 heterocycles. The molecule has 8 heteroatoms. The molecule has 2 fully saturated rings. The normalized spacial score (nSPS) is 22.6. The van der Waals surface area contributed by atoms with Gasteiger partial charge in [-0.15, -0.1) is 5.10 Å². The van der Waals surface area contributed by atoms with Gasteiger partial charge in [0, 0.05) is 73.4 Å². The van der Waals surface area contributed by atoms with E-state index in [0.717, 1.165) is 27.7 Å². The highest BCUT2D eigenvalue weighted by Gasteiger charge is 2.35. The second-order valence-electron chi connectivity index (χ2n) is 8.72. The third-order valence-corrected chi connectivity index (χ3v) is 6.68. The molecule has 1 N–H and O–H groups in total. The number of nitrogens with zero attached hydrogens (tertiary/aromatic N) is 7. The summed E-state index contributed by atoms with van der Waals surface area (Å²) in [5.74, 6) is 0.692. The predicted octanol–water partition coefficient (Wildman–Crippen LogP) is 2.53. The summed E-state index contributed by atoms with van der Waals surface area (Å²) in [5, 5.41) is 9.24. The van der Waals surface area contributed by atoms with Crippen molar-refractivity contribution in [2.75, 3.05) is 38.5 Å². The number of hydrogen-bond acceptors (Lipinski definition) is 7. The highest BCUT2D eigenvalue weighted by atomic mass is 15.3. The Bertz CT molecular complexity index is 1220. The van der Waals surface area contributed by atoms with Crippen molar-refractivity contribution in [1.82, 2.24) is 34.4 Å². The van der Waals surface area contributed by atoms with E-state index in [9.17, 15) is 0 Å². The SMILES string of the molecule is CN1CCN([C@H]2C[C@H](Nc3ncc4c(-c5cnc6ncccc6c5)ccn4n3)C2)CC1. The van der Waals surface area contributed by atoms with E-state index < -0.39 is 0 Å². The van der Waals surface area contributed by atoms with E-state index in [2.05, 4.69) is 49.2 Å². The van der Waals surface area contributed by atoms with Crippen molar-refractivity contribution in [3.8, 4) is 11.1 Å². The standard InChI is InChI=1S/C23H26N8/c1-29-7-9-30(10-8-29)19-12-18(13-19)27-23-26-15-21-20(4-6-31(21)28-23)17-11-16-3-2-5-24-22(16)25-14-17/h2-6,11,14-15,18-19H,7-10,12-13H2,1H3,(H,27,28)/t18-,19-. The number of fused-ring (bicyclic) bond motifs is 2. The molecule has 158 valence electrons. The highest BCUT2D eigenvalue weighted by Crippen LogP contribution is 2.30. The van der Waals surface area contributed by atoms with Gasteiger partial charge in [-0.3, -0.25) is 4.90 Å². The average molecular weight is 415 g/mol. The van der Waals surface area contributed by atoms with Gasteiger partial charge in [0.2, 0.25) is 5.95 Å². The molecule has 0 bridgehead atoms. The van der Waals surface area contributed by atoms with Crippen LogP contribution in [0, 0.1) is 0 Å². The van der Waals surface area contributed by atoms with E-state index in [1.165, 1.54) is 39.0 Å². The summed E-state index contributed by atoms with van der Waals surface area (Å²) in [6.45, 7) is 4.71. The number of anilines is 1. The topological polar surface area (TPSA) is 74.5 Å². The number of aromatic nitrogens is 5. The van der Waals surface area contributed by atoms with Crippen molar-refractivity contribution < 1.29 is 0 Å². The van der Waals surface area contributed by atoms with Gasteiger partial charge in [0.25, 0.3) is 0 Å². The minimum absolute atomic E-state index is 0.453. The van der Waals surface area contributed by atoms with Crippen molar-refractivity contribution in [3.63, 3.8) is 0 Å². The van der Waals surface area contributed by atoms with Crippen LogP contribution in [0.1, 0.15) is 12.8 Å². The van der Waals surface area contributed by atoms with Gasteiger partial charge in [0.1, 0.15) is 0 Å². The van der Waals surface area contributed by atoms with Gasteiger partial charge in [0.05, 0.1) is 11.7 Å². The molecular weight excluding hydrogens is 388 g/mol. The Balaban J connectivity index is 1.16. The van der Waals surface area contributed by atoms with Crippen molar-refractivity contribution in [1.29, 1.82) is 0 Å². The first-order chi connectivity index (χ1) is 15.2. The van der Waals surface area contributed by atoms with Crippen LogP contribution < -0.4 is 5.32 Å². The summed E-state index contributed by atoms with van der Waals surface area (Å²) in [6.07, 6.45) is 9.84. The maximum Gasteiger partial charge on any atom is 0.241 e. The fraction of sp³-hybridized carbons (Fsp3) is 0.391. The van der Waals surface area contributed by atoms with Crippen LogP contribution in [0.25, 0.3) is 27.7 Å². The fourth-order valence-corrected chi connectivity index (χ4v) is 4.70. The average Bonchev–Trinajstić information content (AvgIpc) is 3.20. The second kappa shape index (κ2) is 7.55. The molecule has 4 aromatic rings. The molecule has 1 aliphatic carbocycles. The van der Waals surface area contributed by atoms with Crippen molar-refractivity contribution >= 4 is 22.5 Å². The lowest BCUT2D eigenvalue weighted by Gasteiger charge is -2.46. The third kappa shape index (κ3) is 3.51. The van der Waals surface area contributed by atoms with Crippen LogP contribution in [0.15, 0.2) is 49.1 Å². The van der Waals surface area contributed by atoms with Crippen molar-refractivity contribution in [2.45, 2.75) is 24.9 Å². The van der Waals surface area contributed by atoms with E-state index in [0.29, 0.717) is 18.0 Å². The zero-order valence-electron chi connectivity index (χ0n) is 17.6. The van der Waals surface area contributed by atoms with Gasteiger partial charge >= 0.3 is 0 Å². The molecule has 6 rings (SSSR count). The summed E-state index contributed by atoms with van der Waals surface area (Å²) < 4.78 is 1.90. The van der Waals surface area contributed by atoms with Gasteiger partial charge in [-0.25, -0.2) is 19.5 Å². The molecule has 1 saturated heterocycles. The number of nitrogens with one attached hydrogen (secondary N) is 1. The van der Waals surface area contributed by atoms with Gasteiger partial charge in [-0.2, -0.15) is 0 Å². The first-order valence-corrected chi connectivity index (χ1v) is 11.0. The number of pyridine rings is 2. The molecule has 0 aromatic carbocycles. The Morgan fingerprint density at radius 1 is 1.00 bits per heavy atom. The maximum atomic E-state index is 4.69. The molecule has 0 atom stereocenters. The Kier molecular flexibility index (Phi) is 4.54. The summed E-state index contributed by atoms with van der Waals surface area (Å²) in [5.41, 5.74) is 3.84. The highest BCUT2D eigenvalue weighted by molar-refractivity contribution is 5.86. The minimum atomic E-state index is 0.453. The number of rotatable bonds is 4. The smallest absolute Gasteiger partial charge is 0.241 e. The largest absolute Gasteiger partial charge is 0.350 e. The molecule has 4 aromatic heterocycles. The Hall–Kier alpha value is -3.10. The maximum absolute atomic E-state index is 4.69. The summed E-state index contributed by atoms with van der Waals surface area (Å²) in [4.78, 5) is 18.4. The van der Waals surface area contributed by atoms with Crippen LogP contribution in [0.2, 0.25) is 0 Å². The molecule has 8 nitrogen and oxygen atoms in total. The van der Waals surface area contributed by atoms with Gasteiger partial charge in [-0.1, -0.05) is 0 Å². The second-order valence-corrected chi connectivity index (χ2v) is 8.72. The quantitative estimate of drug-likeness (QED) is 0.550. The molecule has 0 spiro atoms. The van der Waals surface area contributed by atoms with Gasteiger partial charge in [-0.05, 0) is 44.2 Å². The lowest BCUT2D eigenvalue weighted by Crippen LogP contribution is -2.55. The fourth-order valence-electron chi connectivity index (χ4n) is 4.70. The van der Waals surface area contributed by atoms with E-state index in [1.54, 1.807) is 6.20 Å². The Morgan fingerprint density at radius 3 is 2.74 bits per heavy atom. The van der Waals surface area contributed by atoms with Crippen LogP contribution in [0.3, 0.4) is 0 Å². The molecule has 1 saturated carbocycles. The number of hydrogen-bond donors (Lipinski definition) is 1. The zero-order valence-corrected chi connectivity index (χ0v) is 17.6.